The molecule has 5 aliphatic rings. The number of nitrogens with zero attached hydrogens (tertiary/aromatic N) is 1. The number of rotatable bonds is 2. The first-order chi connectivity index (χ1) is 9.53. The Balaban J connectivity index is 1.68. The zero-order chi connectivity index (χ0) is 14.0. The Kier molecular flexibility index (Phi) is 2.52. The minimum Gasteiger partial charge on any atom is -0.481 e. The van der Waals surface area contributed by atoms with Crippen molar-refractivity contribution in [1.82, 2.24) is 4.90 Å². The summed E-state index contributed by atoms with van der Waals surface area (Å²) in [6.45, 7) is 1.77. The summed E-state index contributed by atoms with van der Waals surface area (Å²) < 4.78 is 0. The van der Waals surface area contributed by atoms with E-state index in [0.717, 1.165) is 58.0 Å². The van der Waals surface area contributed by atoms with Crippen LogP contribution in [0, 0.1) is 22.7 Å². The molecule has 0 aromatic rings. The summed E-state index contributed by atoms with van der Waals surface area (Å²) in [5, 5.41) is 9.72. The van der Waals surface area contributed by atoms with Crippen LogP contribution >= 0.6 is 0 Å². The Labute approximate surface area is 119 Å². The molecule has 1 aliphatic heterocycles. The molecule has 1 amide bonds. The van der Waals surface area contributed by atoms with E-state index in [4.69, 9.17) is 0 Å². The number of carbonyl (C=O) groups is 2. The minimum atomic E-state index is -0.648. The van der Waals surface area contributed by atoms with Gasteiger partial charge in [0.25, 0.3) is 0 Å². The summed E-state index contributed by atoms with van der Waals surface area (Å²) in [6.07, 6.45) is 7.52. The maximum Gasteiger partial charge on any atom is 0.309 e. The second kappa shape index (κ2) is 3.99. The lowest BCUT2D eigenvalue weighted by molar-refractivity contribution is -0.183. The molecular formula is C16H23NO3. The van der Waals surface area contributed by atoms with E-state index >= 15 is 0 Å². The van der Waals surface area contributed by atoms with Crippen molar-refractivity contribution in [2.75, 3.05) is 13.1 Å². The summed E-state index contributed by atoms with van der Waals surface area (Å²) in [5.74, 6) is 0.581. The van der Waals surface area contributed by atoms with Crippen molar-refractivity contribution < 1.29 is 14.7 Å². The number of amides is 1. The predicted molar refractivity (Wildman–Crippen MR) is 73.0 cm³/mol. The molecule has 110 valence electrons. The SMILES string of the molecule is O=C(O)C12CC3CC(C1)CC(C(=O)N1CCCC1)(C3)C2. The Morgan fingerprint density at radius 2 is 1.50 bits per heavy atom. The van der Waals surface area contributed by atoms with Crippen molar-refractivity contribution in [3.8, 4) is 0 Å². The number of hydrogen-bond acceptors (Lipinski definition) is 2. The molecule has 5 rings (SSSR count). The molecule has 5 fully saturated rings. The van der Waals surface area contributed by atoms with Crippen molar-refractivity contribution in [3.63, 3.8) is 0 Å². The fourth-order valence-corrected chi connectivity index (χ4v) is 6.02. The van der Waals surface area contributed by atoms with Crippen LogP contribution in [0.25, 0.3) is 0 Å². The Bertz CT molecular complexity index is 452. The van der Waals surface area contributed by atoms with E-state index in [0.29, 0.717) is 18.3 Å². The molecule has 0 aromatic heterocycles. The smallest absolute Gasteiger partial charge is 0.309 e. The molecule has 20 heavy (non-hydrogen) atoms. The van der Waals surface area contributed by atoms with Crippen LogP contribution in [0.2, 0.25) is 0 Å². The van der Waals surface area contributed by atoms with E-state index in [1.54, 1.807) is 0 Å². The molecule has 0 radical (unpaired) electrons. The maximum absolute atomic E-state index is 13.0. The molecule has 0 spiro atoms. The molecule has 2 unspecified atom stereocenters. The highest BCUT2D eigenvalue weighted by Gasteiger charge is 2.63. The fourth-order valence-electron chi connectivity index (χ4n) is 6.02. The van der Waals surface area contributed by atoms with Crippen molar-refractivity contribution in [3.05, 3.63) is 0 Å². The van der Waals surface area contributed by atoms with Gasteiger partial charge in [-0.05, 0) is 63.2 Å². The minimum absolute atomic E-state index is 0.287. The van der Waals surface area contributed by atoms with E-state index in [1.165, 1.54) is 0 Å². The van der Waals surface area contributed by atoms with Gasteiger partial charge in [0.05, 0.1) is 10.8 Å². The maximum atomic E-state index is 13.0. The lowest BCUT2D eigenvalue weighted by atomic mass is 9.44. The molecule has 4 heteroatoms. The van der Waals surface area contributed by atoms with E-state index in [9.17, 15) is 14.7 Å². The first-order valence-electron chi connectivity index (χ1n) is 8.06. The molecule has 1 heterocycles. The molecule has 1 saturated heterocycles. The van der Waals surface area contributed by atoms with Gasteiger partial charge >= 0.3 is 5.97 Å². The van der Waals surface area contributed by atoms with Gasteiger partial charge in [0.2, 0.25) is 5.91 Å². The van der Waals surface area contributed by atoms with Crippen LogP contribution in [0.4, 0.5) is 0 Å². The van der Waals surface area contributed by atoms with E-state index in [2.05, 4.69) is 0 Å². The van der Waals surface area contributed by atoms with Crippen molar-refractivity contribution in [2.24, 2.45) is 22.7 Å². The topological polar surface area (TPSA) is 57.6 Å². The summed E-state index contributed by atoms with van der Waals surface area (Å²) in [6, 6.07) is 0. The normalized spacial score (nSPS) is 45.9. The number of carbonyl (C=O) groups excluding carboxylic acids is 1. The van der Waals surface area contributed by atoms with Gasteiger partial charge in [-0.1, -0.05) is 0 Å². The van der Waals surface area contributed by atoms with Crippen LogP contribution in [-0.2, 0) is 9.59 Å². The second-order valence-corrected chi connectivity index (χ2v) is 7.83. The quantitative estimate of drug-likeness (QED) is 0.842. The van der Waals surface area contributed by atoms with Crippen molar-refractivity contribution >= 4 is 11.9 Å². The molecular weight excluding hydrogens is 254 g/mol. The summed E-state index contributed by atoms with van der Waals surface area (Å²) >= 11 is 0. The molecule has 4 bridgehead atoms. The van der Waals surface area contributed by atoms with Gasteiger partial charge in [-0.3, -0.25) is 9.59 Å². The highest BCUT2D eigenvalue weighted by Crippen LogP contribution is 2.65. The van der Waals surface area contributed by atoms with Gasteiger partial charge in [-0.15, -0.1) is 0 Å². The van der Waals surface area contributed by atoms with Crippen LogP contribution < -0.4 is 0 Å². The zero-order valence-electron chi connectivity index (χ0n) is 11.9. The number of carboxylic acid groups (broad SMARTS) is 1. The molecule has 1 N–H and O–H groups in total. The van der Waals surface area contributed by atoms with Gasteiger partial charge in [-0.25, -0.2) is 0 Å². The largest absolute Gasteiger partial charge is 0.481 e. The average Bonchev–Trinajstić information content (AvgIpc) is 2.89. The third-order valence-electron chi connectivity index (χ3n) is 6.36. The van der Waals surface area contributed by atoms with Gasteiger partial charge in [-0.2, -0.15) is 0 Å². The highest BCUT2D eigenvalue weighted by atomic mass is 16.4. The number of aliphatic carboxylic acids is 1. The second-order valence-electron chi connectivity index (χ2n) is 7.83. The lowest BCUT2D eigenvalue weighted by Gasteiger charge is -2.60. The average molecular weight is 277 g/mol. The van der Waals surface area contributed by atoms with E-state index in [-0.39, 0.29) is 11.3 Å². The standard InChI is InChI=1S/C16H23NO3/c18-13(17-3-1-2-4-17)15-6-11-5-12(7-15)9-16(8-11,10-15)14(19)20/h11-12H,1-10H2,(H,19,20). The summed E-state index contributed by atoms with van der Waals surface area (Å²) in [4.78, 5) is 26.8. The number of likely N-dealkylation sites (tertiary alicyclic amines) is 1. The van der Waals surface area contributed by atoms with Crippen LogP contribution in [-0.4, -0.2) is 35.0 Å². The Hall–Kier alpha value is -1.06. The van der Waals surface area contributed by atoms with Gasteiger partial charge < -0.3 is 10.0 Å². The van der Waals surface area contributed by atoms with Gasteiger partial charge in [0.15, 0.2) is 0 Å². The monoisotopic (exact) mass is 277 g/mol. The fraction of sp³-hybridized carbons (Fsp3) is 0.875. The third kappa shape index (κ3) is 1.60. The van der Waals surface area contributed by atoms with Crippen LogP contribution in [0.15, 0.2) is 0 Å². The van der Waals surface area contributed by atoms with Gasteiger partial charge in [0, 0.05) is 13.1 Å². The van der Waals surface area contributed by atoms with Gasteiger partial charge in [0.1, 0.15) is 0 Å². The molecule has 4 aliphatic carbocycles. The van der Waals surface area contributed by atoms with Crippen molar-refractivity contribution in [1.29, 1.82) is 0 Å². The first kappa shape index (κ1) is 12.7. The molecule has 0 aromatic carbocycles. The lowest BCUT2D eigenvalue weighted by Crippen LogP contribution is -2.59. The van der Waals surface area contributed by atoms with Crippen LogP contribution in [0.1, 0.15) is 51.4 Å². The zero-order valence-corrected chi connectivity index (χ0v) is 11.9. The summed E-state index contributed by atoms with van der Waals surface area (Å²) in [7, 11) is 0. The number of hydrogen-bond donors (Lipinski definition) is 1. The highest BCUT2D eigenvalue weighted by molar-refractivity contribution is 5.86. The molecule has 2 atom stereocenters. The van der Waals surface area contributed by atoms with Crippen LogP contribution in [0.5, 0.6) is 0 Å². The molecule has 4 nitrogen and oxygen atoms in total. The molecule has 4 saturated carbocycles. The Morgan fingerprint density at radius 1 is 0.950 bits per heavy atom. The third-order valence-corrected chi connectivity index (χ3v) is 6.36. The Morgan fingerprint density at radius 3 is 2.05 bits per heavy atom. The van der Waals surface area contributed by atoms with E-state index in [1.807, 2.05) is 4.90 Å². The van der Waals surface area contributed by atoms with Crippen molar-refractivity contribution in [2.45, 2.75) is 51.4 Å². The first-order valence-corrected chi connectivity index (χ1v) is 8.06. The summed E-state index contributed by atoms with van der Waals surface area (Å²) in [5.41, 5.74) is -0.910. The number of carboxylic acids is 1. The van der Waals surface area contributed by atoms with Crippen LogP contribution in [0.3, 0.4) is 0 Å². The van der Waals surface area contributed by atoms with E-state index < -0.39 is 11.4 Å². The predicted octanol–water partition coefficient (Wildman–Crippen LogP) is 2.28.